The molecule has 0 fully saturated rings. The number of carboxylic acids is 1. The Kier molecular flexibility index (Phi) is 2.86. The van der Waals surface area contributed by atoms with E-state index in [0.29, 0.717) is 12.3 Å². The third-order valence-electron chi connectivity index (χ3n) is 3.27. The van der Waals surface area contributed by atoms with E-state index in [-0.39, 0.29) is 12.0 Å². The standard InChI is InChI=1S/C13H17NO2/c1-8(2)12-7-10(13(15)16)9-5-3-4-6-11(9)14-12/h3-6,8,10,12,14H,7H2,1-2H3,(H,15,16)/t10-,12+/m0/s1. The predicted octanol–water partition coefficient (Wildman–Crippen LogP) is 2.70. The Hall–Kier alpha value is -1.51. The average Bonchev–Trinajstić information content (AvgIpc) is 2.27. The van der Waals surface area contributed by atoms with Crippen molar-refractivity contribution in [1.29, 1.82) is 0 Å². The lowest BCUT2D eigenvalue weighted by Gasteiger charge is -2.33. The minimum absolute atomic E-state index is 0.246. The van der Waals surface area contributed by atoms with Gasteiger partial charge in [0.15, 0.2) is 0 Å². The highest BCUT2D eigenvalue weighted by atomic mass is 16.4. The van der Waals surface area contributed by atoms with Gasteiger partial charge in [0.1, 0.15) is 0 Å². The summed E-state index contributed by atoms with van der Waals surface area (Å²) >= 11 is 0. The largest absolute Gasteiger partial charge is 0.481 e. The Morgan fingerprint density at radius 3 is 2.75 bits per heavy atom. The fourth-order valence-electron chi connectivity index (χ4n) is 2.24. The van der Waals surface area contributed by atoms with Crippen molar-refractivity contribution in [3.8, 4) is 0 Å². The van der Waals surface area contributed by atoms with E-state index in [1.54, 1.807) is 0 Å². The summed E-state index contributed by atoms with van der Waals surface area (Å²) in [4.78, 5) is 11.3. The number of rotatable bonds is 2. The molecular formula is C13H17NO2. The fraction of sp³-hybridized carbons (Fsp3) is 0.462. The third-order valence-corrected chi connectivity index (χ3v) is 3.27. The quantitative estimate of drug-likeness (QED) is 0.804. The van der Waals surface area contributed by atoms with Crippen molar-refractivity contribution < 1.29 is 9.90 Å². The van der Waals surface area contributed by atoms with E-state index in [2.05, 4.69) is 19.2 Å². The number of anilines is 1. The van der Waals surface area contributed by atoms with E-state index >= 15 is 0 Å². The molecule has 0 unspecified atom stereocenters. The Balaban J connectivity index is 2.37. The molecule has 1 aliphatic heterocycles. The lowest BCUT2D eigenvalue weighted by atomic mass is 9.83. The smallest absolute Gasteiger partial charge is 0.311 e. The van der Waals surface area contributed by atoms with Crippen LogP contribution in [0.1, 0.15) is 31.7 Å². The minimum Gasteiger partial charge on any atom is -0.481 e. The van der Waals surface area contributed by atoms with Crippen molar-refractivity contribution in [1.82, 2.24) is 0 Å². The van der Waals surface area contributed by atoms with Crippen LogP contribution in [-0.2, 0) is 4.79 Å². The van der Waals surface area contributed by atoms with E-state index < -0.39 is 5.97 Å². The molecule has 1 aromatic carbocycles. The predicted molar refractivity (Wildman–Crippen MR) is 63.7 cm³/mol. The van der Waals surface area contributed by atoms with E-state index in [1.807, 2.05) is 24.3 Å². The monoisotopic (exact) mass is 219 g/mol. The van der Waals surface area contributed by atoms with E-state index in [0.717, 1.165) is 11.3 Å². The summed E-state index contributed by atoms with van der Waals surface area (Å²) in [6.45, 7) is 4.23. The van der Waals surface area contributed by atoms with Crippen LogP contribution < -0.4 is 5.32 Å². The second-order valence-corrected chi connectivity index (χ2v) is 4.71. The highest BCUT2D eigenvalue weighted by Gasteiger charge is 2.32. The highest BCUT2D eigenvalue weighted by Crippen LogP contribution is 2.36. The van der Waals surface area contributed by atoms with Crippen LogP contribution in [0, 0.1) is 5.92 Å². The van der Waals surface area contributed by atoms with E-state index in [1.165, 1.54) is 0 Å². The van der Waals surface area contributed by atoms with Gasteiger partial charge < -0.3 is 10.4 Å². The molecule has 1 heterocycles. The molecular weight excluding hydrogens is 202 g/mol. The van der Waals surface area contributed by atoms with Gasteiger partial charge >= 0.3 is 5.97 Å². The molecule has 0 aromatic heterocycles. The molecule has 16 heavy (non-hydrogen) atoms. The van der Waals surface area contributed by atoms with Crippen molar-refractivity contribution in [3.05, 3.63) is 29.8 Å². The Morgan fingerprint density at radius 2 is 2.12 bits per heavy atom. The summed E-state index contributed by atoms with van der Waals surface area (Å²) in [6.07, 6.45) is 0.671. The molecule has 0 amide bonds. The van der Waals surface area contributed by atoms with Crippen LogP contribution in [0.2, 0.25) is 0 Å². The van der Waals surface area contributed by atoms with Gasteiger partial charge in [-0.25, -0.2) is 0 Å². The van der Waals surface area contributed by atoms with Crippen molar-refractivity contribution in [2.75, 3.05) is 5.32 Å². The van der Waals surface area contributed by atoms with Crippen LogP contribution >= 0.6 is 0 Å². The van der Waals surface area contributed by atoms with Crippen LogP contribution in [0.4, 0.5) is 5.69 Å². The number of nitrogens with one attached hydrogen (secondary N) is 1. The molecule has 0 bridgehead atoms. The first-order chi connectivity index (χ1) is 7.59. The lowest BCUT2D eigenvalue weighted by Crippen LogP contribution is -2.34. The molecule has 0 radical (unpaired) electrons. The van der Waals surface area contributed by atoms with Gasteiger partial charge in [0, 0.05) is 11.7 Å². The van der Waals surface area contributed by atoms with Gasteiger partial charge in [-0.3, -0.25) is 4.79 Å². The van der Waals surface area contributed by atoms with Gasteiger partial charge in [-0.05, 0) is 24.0 Å². The molecule has 2 rings (SSSR count). The molecule has 0 spiro atoms. The number of para-hydroxylation sites is 1. The van der Waals surface area contributed by atoms with Crippen molar-refractivity contribution in [2.24, 2.45) is 5.92 Å². The summed E-state index contributed by atoms with van der Waals surface area (Å²) in [6, 6.07) is 7.94. The summed E-state index contributed by atoms with van der Waals surface area (Å²) in [7, 11) is 0. The third kappa shape index (κ3) is 1.90. The number of carboxylic acid groups (broad SMARTS) is 1. The van der Waals surface area contributed by atoms with E-state index in [4.69, 9.17) is 0 Å². The molecule has 3 heteroatoms. The summed E-state index contributed by atoms with van der Waals surface area (Å²) in [5, 5.41) is 12.7. The fourth-order valence-corrected chi connectivity index (χ4v) is 2.24. The molecule has 1 aromatic rings. The second-order valence-electron chi connectivity index (χ2n) is 4.71. The molecule has 0 aliphatic carbocycles. The van der Waals surface area contributed by atoms with Crippen LogP contribution in [0.15, 0.2) is 24.3 Å². The van der Waals surface area contributed by atoms with Gasteiger partial charge in [-0.2, -0.15) is 0 Å². The van der Waals surface area contributed by atoms with Gasteiger partial charge in [0.05, 0.1) is 5.92 Å². The Morgan fingerprint density at radius 1 is 1.44 bits per heavy atom. The molecule has 2 N–H and O–H groups in total. The zero-order valence-corrected chi connectivity index (χ0v) is 9.60. The Bertz CT molecular complexity index is 401. The van der Waals surface area contributed by atoms with Crippen LogP contribution in [0.5, 0.6) is 0 Å². The first-order valence-corrected chi connectivity index (χ1v) is 5.68. The number of hydrogen-bond donors (Lipinski definition) is 2. The number of fused-ring (bicyclic) bond motifs is 1. The second kappa shape index (κ2) is 4.16. The zero-order chi connectivity index (χ0) is 11.7. The summed E-state index contributed by atoms with van der Waals surface area (Å²) in [5.74, 6) is -0.653. The molecule has 86 valence electrons. The van der Waals surface area contributed by atoms with Gasteiger partial charge in [-0.15, -0.1) is 0 Å². The molecule has 0 saturated heterocycles. The zero-order valence-electron chi connectivity index (χ0n) is 9.60. The Labute approximate surface area is 95.5 Å². The maximum absolute atomic E-state index is 11.3. The van der Waals surface area contributed by atoms with Gasteiger partial charge in [0.2, 0.25) is 0 Å². The van der Waals surface area contributed by atoms with Crippen LogP contribution in [-0.4, -0.2) is 17.1 Å². The molecule has 0 saturated carbocycles. The number of hydrogen-bond acceptors (Lipinski definition) is 2. The molecule has 3 nitrogen and oxygen atoms in total. The van der Waals surface area contributed by atoms with Gasteiger partial charge in [-0.1, -0.05) is 32.0 Å². The van der Waals surface area contributed by atoms with Crippen molar-refractivity contribution >= 4 is 11.7 Å². The number of carbonyl (C=O) groups is 1. The first kappa shape index (κ1) is 11.0. The molecule has 1 aliphatic rings. The summed E-state index contributed by atoms with van der Waals surface area (Å²) in [5.41, 5.74) is 1.88. The van der Waals surface area contributed by atoms with E-state index in [9.17, 15) is 9.90 Å². The minimum atomic E-state index is -0.723. The SMILES string of the molecule is CC(C)[C@H]1C[C@H](C(=O)O)c2ccccc2N1. The van der Waals surface area contributed by atoms with Crippen molar-refractivity contribution in [2.45, 2.75) is 32.2 Å². The van der Waals surface area contributed by atoms with Gasteiger partial charge in [0.25, 0.3) is 0 Å². The normalized spacial score (nSPS) is 23.7. The lowest BCUT2D eigenvalue weighted by molar-refractivity contribution is -0.139. The number of aliphatic carboxylic acids is 1. The maximum atomic E-state index is 11.3. The summed E-state index contributed by atoms with van der Waals surface area (Å²) < 4.78 is 0. The average molecular weight is 219 g/mol. The maximum Gasteiger partial charge on any atom is 0.311 e. The topological polar surface area (TPSA) is 49.3 Å². The number of benzene rings is 1. The first-order valence-electron chi connectivity index (χ1n) is 5.68. The van der Waals surface area contributed by atoms with Crippen LogP contribution in [0.3, 0.4) is 0 Å². The molecule has 2 atom stereocenters. The van der Waals surface area contributed by atoms with Crippen LogP contribution in [0.25, 0.3) is 0 Å². The highest BCUT2D eigenvalue weighted by molar-refractivity contribution is 5.80. The van der Waals surface area contributed by atoms with Crippen molar-refractivity contribution in [3.63, 3.8) is 0 Å².